The Balaban J connectivity index is 1.88. The number of hydrogen-bond acceptors (Lipinski definition) is 3. The number of anilines is 1. The zero-order valence-corrected chi connectivity index (χ0v) is 16.9. The highest BCUT2D eigenvalue weighted by atomic mass is 32.2. The molecule has 0 aliphatic carbocycles. The lowest BCUT2D eigenvalue weighted by molar-refractivity contribution is 0.0940. The van der Waals surface area contributed by atoms with Crippen LogP contribution in [0.15, 0.2) is 83.8 Å². The van der Waals surface area contributed by atoms with Crippen molar-refractivity contribution in [3.63, 3.8) is 0 Å². The van der Waals surface area contributed by atoms with E-state index in [0.717, 1.165) is 9.87 Å². The SMILES string of the molecule is C[C@H](NC(=O)c1ccccc1N(C)S(=O)(=O)c1ccccc1)c1ccc(F)cc1. The number of para-hydroxylation sites is 1. The second-order valence-corrected chi connectivity index (χ2v) is 8.52. The molecule has 3 rings (SSSR count). The van der Waals surface area contributed by atoms with Crippen molar-refractivity contribution in [3.8, 4) is 0 Å². The first-order valence-corrected chi connectivity index (χ1v) is 10.4. The summed E-state index contributed by atoms with van der Waals surface area (Å²) in [6.45, 7) is 1.78. The largest absolute Gasteiger partial charge is 0.345 e. The monoisotopic (exact) mass is 412 g/mol. The molecule has 1 N–H and O–H groups in total. The van der Waals surface area contributed by atoms with E-state index in [-0.39, 0.29) is 28.0 Å². The molecule has 0 saturated carbocycles. The molecule has 0 spiro atoms. The van der Waals surface area contributed by atoms with Crippen LogP contribution in [0.3, 0.4) is 0 Å². The van der Waals surface area contributed by atoms with Crippen molar-refractivity contribution in [2.45, 2.75) is 17.9 Å². The van der Waals surface area contributed by atoms with Gasteiger partial charge in [0.25, 0.3) is 15.9 Å². The predicted octanol–water partition coefficient (Wildman–Crippen LogP) is 4.14. The summed E-state index contributed by atoms with van der Waals surface area (Å²) in [6, 6.07) is 20.0. The zero-order valence-electron chi connectivity index (χ0n) is 16.0. The quantitative estimate of drug-likeness (QED) is 0.662. The minimum absolute atomic E-state index is 0.136. The predicted molar refractivity (Wildman–Crippen MR) is 111 cm³/mol. The van der Waals surface area contributed by atoms with Crippen LogP contribution in [0.25, 0.3) is 0 Å². The number of rotatable bonds is 6. The molecule has 150 valence electrons. The van der Waals surface area contributed by atoms with Crippen molar-refractivity contribution >= 4 is 21.6 Å². The summed E-state index contributed by atoms with van der Waals surface area (Å²) in [5.74, 6) is -0.780. The number of halogens is 1. The summed E-state index contributed by atoms with van der Waals surface area (Å²) in [5.41, 5.74) is 1.23. The smallest absolute Gasteiger partial charge is 0.264 e. The third-order valence-corrected chi connectivity index (χ3v) is 6.39. The van der Waals surface area contributed by atoms with Crippen molar-refractivity contribution in [1.29, 1.82) is 0 Å². The van der Waals surface area contributed by atoms with Crippen LogP contribution in [0.2, 0.25) is 0 Å². The molecule has 3 aromatic rings. The molecule has 0 aliphatic heterocycles. The summed E-state index contributed by atoms with van der Waals surface area (Å²) in [6.07, 6.45) is 0. The van der Waals surface area contributed by atoms with Gasteiger partial charge in [0.2, 0.25) is 0 Å². The molecule has 0 fully saturated rings. The van der Waals surface area contributed by atoms with Gasteiger partial charge in [-0.25, -0.2) is 12.8 Å². The standard InChI is InChI=1S/C22H21FN2O3S/c1-16(17-12-14-18(23)15-13-17)24-22(26)20-10-6-7-11-21(20)25(2)29(27,28)19-8-4-3-5-9-19/h3-16H,1-2H3,(H,24,26)/t16-/m0/s1. The van der Waals surface area contributed by atoms with E-state index >= 15 is 0 Å². The number of amides is 1. The van der Waals surface area contributed by atoms with Crippen LogP contribution < -0.4 is 9.62 Å². The van der Waals surface area contributed by atoms with Gasteiger partial charge < -0.3 is 5.32 Å². The van der Waals surface area contributed by atoms with Gasteiger partial charge in [-0.05, 0) is 48.9 Å². The normalized spacial score (nSPS) is 12.2. The Hall–Kier alpha value is -3.19. The molecule has 5 nitrogen and oxygen atoms in total. The molecular formula is C22H21FN2O3S. The number of nitrogens with one attached hydrogen (secondary N) is 1. The molecule has 0 heterocycles. The Kier molecular flexibility index (Phi) is 5.98. The van der Waals surface area contributed by atoms with Crippen LogP contribution >= 0.6 is 0 Å². The van der Waals surface area contributed by atoms with Crippen LogP contribution in [0.4, 0.5) is 10.1 Å². The summed E-state index contributed by atoms with van der Waals surface area (Å²) in [7, 11) is -2.41. The van der Waals surface area contributed by atoms with Crippen molar-refractivity contribution in [2.24, 2.45) is 0 Å². The molecular weight excluding hydrogens is 391 g/mol. The van der Waals surface area contributed by atoms with Gasteiger partial charge in [-0.15, -0.1) is 0 Å². The van der Waals surface area contributed by atoms with Gasteiger partial charge in [-0.2, -0.15) is 0 Å². The summed E-state index contributed by atoms with van der Waals surface area (Å²) < 4.78 is 40.1. The Bertz CT molecular complexity index is 1100. The van der Waals surface area contributed by atoms with Crippen LogP contribution in [0.1, 0.15) is 28.9 Å². The minimum Gasteiger partial charge on any atom is -0.345 e. The number of carbonyl (C=O) groups is 1. The maximum atomic E-state index is 13.1. The molecule has 7 heteroatoms. The third kappa shape index (κ3) is 4.46. The van der Waals surface area contributed by atoms with Gasteiger partial charge in [0.1, 0.15) is 5.82 Å². The van der Waals surface area contributed by atoms with Crippen molar-refractivity contribution in [3.05, 3.63) is 95.8 Å². The summed E-state index contributed by atoms with van der Waals surface area (Å²) in [5, 5.41) is 2.84. The summed E-state index contributed by atoms with van der Waals surface area (Å²) >= 11 is 0. The fraction of sp³-hybridized carbons (Fsp3) is 0.136. The topological polar surface area (TPSA) is 66.5 Å². The van der Waals surface area contributed by atoms with E-state index in [1.807, 2.05) is 0 Å². The van der Waals surface area contributed by atoms with Gasteiger partial charge in [-0.3, -0.25) is 9.10 Å². The second kappa shape index (κ2) is 8.45. The summed E-state index contributed by atoms with van der Waals surface area (Å²) in [4.78, 5) is 13.0. The highest BCUT2D eigenvalue weighted by Gasteiger charge is 2.25. The lowest BCUT2D eigenvalue weighted by atomic mass is 10.1. The Morgan fingerprint density at radius 3 is 2.17 bits per heavy atom. The third-order valence-electron chi connectivity index (χ3n) is 4.61. The molecule has 0 saturated heterocycles. The molecule has 1 amide bonds. The maximum absolute atomic E-state index is 13.1. The van der Waals surface area contributed by atoms with Crippen LogP contribution in [-0.2, 0) is 10.0 Å². The molecule has 29 heavy (non-hydrogen) atoms. The van der Waals surface area contributed by atoms with Crippen LogP contribution in [0.5, 0.6) is 0 Å². The first-order chi connectivity index (χ1) is 13.8. The van der Waals surface area contributed by atoms with Gasteiger partial charge in [0, 0.05) is 7.05 Å². The molecule has 0 unspecified atom stereocenters. The number of carbonyl (C=O) groups excluding carboxylic acids is 1. The van der Waals surface area contributed by atoms with E-state index in [4.69, 9.17) is 0 Å². The molecule has 0 bridgehead atoms. The lowest BCUT2D eigenvalue weighted by Crippen LogP contribution is -2.31. The van der Waals surface area contributed by atoms with Gasteiger partial charge in [0.15, 0.2) is 0 Å². The van der Waals surface area contributed by atoms with E-state index in [0.29, 0.717) is 0 Å². The molecule has 0 radical (unpaired) electrons. The highest BCUT2D eigenvalue weighted by Crippen LogP contribution is 2.26. The number of sulfonamides is 1. The number of nitrogens with zero attached hydrogens (tertiary/aromatic N) is 1. The van der Waals surface area contributed by atoms with Gasteiger partial charge in [-0.1, -0.05) is 42.5 Å². The van der Waals surface area contributed by atoms with Crippen molar-refractivity contribution < 1.29 is 17.6 Å². The first-order valence-electron chi connectivity index (χ1n) is 9.00. The molecule has 0 aromatic heterocycles. The lowest BCUT2D eigenvalue weighted by Gasteiger charge is -2.23. The van der Waals surface area contributed by atoms with Crippen molar-refractivity contribution in [1.82, 2.24) is 5.32 Å². The van der Waals surface area contributed by atoms with Gasteiger partial charge in [0.05, 0.1) is 22.2 Å². The Morgan fingerprint density at radius 2 is 1.52 bits per heavy atom. The fourth-order valence-electron chi connectivity index (χ4n) is 2.93. The molecule has 3 aromatic carbocycles. The van der Waals surface area contributed by atoms with E-state index in [2.05, 4.69) is 5.32 Å². The van der Waals surface area contributed by atoms with Crippen LogP contribution in [0, 0.1) is 5.82 Å². The number of benzene rings is 3. The van der Waals surface area contributed by atoms with Crippen LogP contribution in [-0.4, -0.2) is 21.4 Å². The Morgan fingerprint density at radius 1 is 0.931 bits per heavy atom. The molecule has 0 aliphatic rings. The van der Waals surface area contributed by atoms with Gasteiger partial charge >= 0.3 is 0 Å². The maximum Gasteiger partial charge on any atom is 0.264 e. The zero-order chi connectivity index (χ0) is 21.0. The average Bonchev–Trinajstić information content (AvgIpc) is 2.74. The average molecular weight is 412 g/mol. The van der Waals surface area contributed by atoms with E-state index in [9.17, 15) is 17.6 Å². The second-order valence-electron chi connectivity index (χ2n) is 6.55. The fourth-order valence-corrected chi connectivity index (χ4v) is 4.16. The van der Waals surface area contributed by atoms with E-state index in [1.165, 1.54) is 31.3 Å². The minimum atomic E-state index is -3.82. The first kappa shape index (κ1) is 20.5. The molecule has 1 atom stereocenters. The van der Waals surface area contributed by atoms with E-state index < -0.39 is 15.9 Å². The number of hydrogen-bond donors (Lipinski definition) is 1. The van der Waals surface area contributed by atoms with E-state index in [1.54, 1.807) is 61.5 Å². The Labute approximate surface area is 169 Å². The van der Waals surface area contributed by atoms with Crippen molar-refractivity contribution in [2.75, 3.05) is 11.4 Å². The highest BCUT2D eigenvalue weighted by molar-refractivity contribution is 7.92.